The molecule has 0 saturated heterocycles. The number of benzene rings is 3. The maximum Gasteiger partial charge on any atom is 0.338 e. The van der Waals surface area contributed by atoms with E-state index in [0.717, 1.165) is 16.7 Å². The first-order valence-electron chi connectivity index (χ1n) is 11.0. The lowest BCUT2D eigenvalue weighted by Gasteiger charge is -2.30. The van der Waals surface area contributed by atoms with Crippen LogP contribution in [-0.2, 0) is 32.1 Å². The van der Waals surface area contributed by atoms with Gasteiger partial charge < -0.3 is 9.47 Å². The van der Waals surface area contributed by atoms with Crippen molar-refractivity contribution < 1.29 is 19.1 Å². The van der Waals surface area contributed by atoms with E-state index >= 15 is 0 Å². The molecule has 0 bridgehead atoms. The van der Waals surface area contributed by atoms with E-state index in [1.54, 1.807) is 6.92 Å². The molecule has 1 aliphatic heterocycles. The fourth-order valence-corrected chi connectivity index (χ4v) is 4.16. The molecule has 0 amide bonds. The summed E-state index contributed by atoms with van der Waals surface area (Å²) in [4.78, 5) is 26.2. The van der Waals surface area contributed by atoms with E-state index < -0.39 is 11.9 Å². The molecule has 1 atom stereocenters. The molecule has 3 aromatic rings. The normalized spacial score (nSPS) is 15.8. The Morgan fingerprint density at radius 2 is 1.33 bits per heavy atom. The van der Waals surface area contributed by atoms with E-state index in [2.05, 4.69) is 0 Å². The van der Waals surface area contributed by atoms with Crippen LogP contribution in [0.2, 0.25) is 0 Å². The van der Waals surface area contributed by atoms with Crippen molar-refractivity contribution >= 4 is 11.8 Å². The first-order chi connectivity index (χ1) is 16.0. The van der Waals surface area contributed by atoms with E-state index in [0.29, 0.717) is 29.1 Å². The van der Waals surface area contributed by atoms with Crippen molar-refractivity contribution in [3.05, 3.63) is 130 Å². The third-order valence-electron chi connectivity index (χ3n) is 5.69. The molecular formula is C29H26O4. The van der Waals surface area contributed by atoms with Crippen molar-refractivity contribution in [3.8, 4) is 0 Å². The number of carbonyl (C=O) groups is 2. The summed E-state index contributed by atoms with van der Waals surface area (Å²) in [5.41, 5.74) is 3.62. The molecule has 0 fully saturated rings. The van der Waals surface area contributed by atoms with Crippen LogP contribution in [0.25, 0.3) is 0 Å². The Morgan fingerprint density at radius 1 is 0.788 bits per heavy atom. The molecule has 4 heteroatoms. The second-order valence-corrected chi connectivity index (χ2v) is 8.03. The predicted molar refractivity (Wildman–Crippen MR) is 127 cm³/mol. The highest BCUT2D eigenvalue weighted by atomic mass is 16.5. The summed E-state index contributed by atoms with van der Waals surface area (Å²) in [6.45, 7) is 3.43. The summed E-state index contributed by atoms with van der Waals surface area (Å²) >= 11 is 0. The van der Waals surface area contributed by atoms with Gasteiger partial charge in [0.2, 0.25) is 0 Å². The minimum Gasteiger partial charge on any atom is -0.465 e. The molecule has 0 aromatic heterocycles. The molecule has 3 aromatic carbocycles. The first-order valence-corrected chi connectivity index (χ1v) is 11.0. The molecule has 0 radical (unpaired) electrons. The summed E-state index contributed by atoms with van der Waals surface area (Å²) in [5, 5.41) is 0. The maximum atomic E-state index is 13.3. The van der Waals surface area contributed by atoms with Crippen LogP contribution < -0.4 is 0 Å². The number of hydrogen-bond donors (Lipinski definition) is 0. The SMILES string of the molecule is CC(=O)C1=C(Cc2ccccc2)OC(C)=C(C(=O)OCc2ccccc2)[C@@H]1c1ccccc1. The molecular weight excluding hydrogens is 412 g/mol. The molecule has 0 spiro atoms. The molecule has 4 rings (SSSR count). The van der Waals surface area contributed by atoms with Gasteiger partial charge >= 0.3 is 5.97 Å². The fraction of sp³-hybridized carbons (Fsp3) is 0.172. The molecule has 166 valence electrons. The van der Waals surface area contributed by atoms with Crippen molar-refractivity contribution in [3.63, 3.8) is 0 Å². The highest BCUT2D eigenvalue weighted by Gasteiger charge is 2.38. The van der Waals surface area contributed by atoms with E-state index in [4.69, 9.17) is 9.47 Å². The zero-order valence-corrected chi connectivity index (χ0v) is 18.8. The van der Waals surface area contributed by atoms with Crippen LogP contribution >= 0.6 is 0 Å². The molecule has 1 heterocycles. The highest BCUT2D eigenvalue weighted by Crippen LogP contribution is 2.42. The van der Waals surface area contributed by atoms with Gasteiger partial charge in [0.05, 0.1) is 11.5 Å². The van der Waals surface area contributed by atoms with Gasteiger partial charge in [-0.15, -0.1) is 0 Å². The van der Waals surface area contributed by atoms with Gasteiger partial charge in [0.25, 0.3) is 0 Å². The number of ketones is 1. The Labute approximate surface area is 194 Å². The highest BCUT2D eigenvalue weighted by molar-refractivity contribution is 6.01. The van der Waals surface area contributed by atoms with Crippen LogP contribution in [0.15, 0.2) is 114 Å². The monoisotopic (exact) mass is 438 g/mol. The molecule has 0 unspecified atom stereocenters. The van der Waals surface area contributed by atoms with E-state index in [1.165, 1.54) is 6.92 Å². The zero-order chi connectivity index (χ0) is 23.2. The van der Waals surface area contributed by atoms with Gasteiger partial charge in [-0.05, 0) is 30.5 Å². The summed E-state index contributed by atoms with van der Waals surface area (Å²) in [5.74, 6) is -0.143. The largest absolute Gasteiger partial charge is 0.465 e. The number of Topliss-reactive ketones (excluding diaryl/α,β-unsaturated/α-hetero) is 1. The maximum absolute atomic E-state index is 13.3. The fourth-order valence-electron chi connectivity index (χ4n) is 4.16. The van der Waals surface area contributed by atoms with Crippen molar-refractivity contribution in [1.82, 2.24) is 0 Å². The summed E-state index contributed by atoms with van der Waals surface area (Å²) < 4.78 is 11.8. The van der Waals surface area contributed by atoms with Gasteiger partial charge in [-0.2, -0.15) is 0 Å². The number of allylic oxidation sites excluding steroid dienone is 3. The number of ether oxygens (including phenoxy) is 2. The topological polar surface area (TPSA) is 52.6 Å². The average molecular weight is 439 g/mol. The number of rotatable bonds is 7. The molecule has 1 aliphatic rings. The van der Waals surface area contributed by atoms with E-state index in [1.807, 2.05) is 91.0 Å². The number of hydrogen-bond acceptors (Lipinski definition) is 4. The van der Waals surface area contributed by atoms with Gasteiger partial charge in [0.15, 0.2) is 5.78 Å². The van der Waals surface area contributed by atoms with Crippen LogP contribution in [0.1, 0.15) is 36.5 Å². The van der Waals surface area contributed by atoms with Crippen LogP contribution in [0, 0.1) is 0 Å². The third kappa shape index (κ3) is 5.12. The van der Waals surface area contributed by atoms with Crippen LogP contribution in [-0.4, -0.2) is 11.8 Å². The summed E-state index contributed by atoms with van der Waals surface area (Å²) in [6, 6.07) is 28.9. The van der Waals surface area contributed by atoms with E-state index in [-0.39, 0.29) is 12.4 Å². The Hall–Kier alpha value is -3.92. The number of carbonyl (C=O) groups excluding carboxylic acids is 2. The van der Waals surface area contributed by atoms with Gasteiger partial charge in [0.1, 0.15) is 18.1 Å². The van der Waals surface area contributed by atoms with E-state index in [9.17, 15) is 9.59 Å². The second kappa shape index (κ2) is 10.1. The van der Waals surface area contributed by atoms with Crippen molar-refractivity contribution in [2.75, 3.05) is 0 Å². The molecule has 0 N–H and O–H groups in total. The quantitative estimate of drug-likeness (QED) is 0.431. The zero-order valence-electron chi connectivity index (χ0n) is 18.8. The Balaban J connectivity index is 1.73. The average Bonchev–Trinajstić information content (AvgIpc) is 2.84. The first kappa shape index (κ1) is 22.3. The molecule has 4 nitrogen and oxygen atoms in total. The second-order valence-electron chi connectivity index (χ2n) is 8.03. The predicted octanol–water partition coefficient (Wildman–Crippen LogP) is 5.90. The standard InChI is InChI=1S/C29H26O4/c1-20(30)26-25(18-22-12-6-3-7-13-22)33-21(2)27(28(26)24-16-10-5-11-17-24)29(31)32-19-23-14-8-4-9-15-23/h3-17,28H,18-19H2,1-2H3/t28-/m1/s1. The lowest BCUT2D eigenvalue weighted by molar-refractivity contribution is -0.140. The minimum absolute atomic E-state index is 0.129. The van der Waals surface area contributed by atoms with Crippen LogP contribution in [0.3, 0.4) is 0 Å². The molecule has 0 saturated carbocycles. The Bertz CT molecular complexity index is 1190. The van der Waals surface area contributed by atoms with Gasteiger partial charge in [-0.3, -0.25) is 4.79 Å². The van der Waals surface area contributed by atoms with Gasteiger partial charge in [-0.1, -0.05) is 91.0 Å². The van der Waals surface area contributed by atoms with Crippen LogP contribution in [0.4, 0.5) is 0 Å². The van der Waals surface area contributed by atoms with Gasteiger partial charge in [-0.25, -0.2) is 4.79 Å². The lowest BCUT2D eigenvalue weighted by atomic mass is 9.79. The Kier molecular flexibility index (Phi) is 6.84. The molecule has 0 aliphatic carbocycles. The van der Waals surface area contributed by atoms with Crippen molar-refractivity contribution in [1.29, 1.82) is 0 Å². The lowest BCUT2D eigenvalue weighted by Crippen LogP contribution is -2.27. The number of esters is 1. The summed E-state index contributed by atoms with van der Waals surface area (Å²) in [6.07, 6.45) is 0.461. The van der Waals surface area contributed by atoms with Crippen LogP contribution in [0.5, 0.6) is 0 Å². The smallest absolute Gasteiger partial charge is 0.338 e. The molecule has 33 heavy (non-hydrogen) atoms. The van der Waals surface area contributed by atoms with Crippen molar-refractivity contribution in [2.24, 2.45) is 0 Å². The summed E-state index contributed by atoms with van der Waals surface area (Å²) in [7, 11) is 0. The van der Waals surface area contributed by atoms with Gasteiger partial charge in [0, 0.05) is 12.0 Å². The third-order valence-corrected chi connectivity index (χ3v) is 5.69. The Morgan fingerprint density at radius 3 is 1.91 bits per heavy atom. The minimum atomic E-state index is -0.556. The van der Waals surface area contributed by atoms with Crippen molar-refractivity contribution in [2.45, 2.75) is 32.8 Å².